The second-order valence-corrected chi connectivity index (χ2v) is 5.88. The van der Waals surface area contributed by atoms with E-state index in [2.05, 4.69) is 10.3 Å². The van der Waals surface area contributed by atoms with E-state index in [0.717, 1.165) is 5.56 Å². The van der Waals surface area contributed by atoms with E-state index in [1.165, 1.54) is 4.68 Å². The highest BCUT2D eigenvalue weighted by molar-refractivity contribution is 6.58. The minimum atomic E-state index is -1.50. The van der Waals surface area contributed by atoms with Crippen molar-refractivity contribution < 1.29 is 19.6 Å². The molecule has 22 heavy (non-hydrogen) atoms. The lowest BCUT2D eigenvalue weighted by Crippen LogP contribution is -2.29. The largest absolute Gasteiger partial charge is 0.488 e. The Hall–Kier alpha value is -2.19. The minimum Gasteiger partial charge on any atom is -0.459 e. The van der Waals surface area contributed by atoms with Crippen LogP contribution in [0.1, 0.15) is 20.8 Å². The average molecular weight is 303 g/mol. The van der Waals surface area contributed by atoms with Crippen molar-refractivity contribution in [3.63, 3.8) is 0 Å². The highest BCUT2D eigenvalue weighted by atomic mass is 16.6. The van der Waals surface area contributed by atoms with Crippen LogP contribution in [-0.4, -0.2) is 43.7 Å². The molecule has 1 aromatic heterocycles. The topological polar surface area (TPSA) is 97.5 Å². The van der Waals surface area contributed by atoms with E-state index in [4.69, 9.17) is 14.8 Å². The Bertz CT molecular complexity index is 647. The molecule has 2 aromatic rings. The van der Waals surface area contributed by atoms with Gasteiger partial charge in [-0.25, -0.2) is 4.68 Å². The summed E-state index contributed by atoms with van der Waals surface area (Å²) in [4.78, 5) is 11.7. The highest BCUT2D eigenvalue weighted by Crippen LogP contribution is 2.15. The van der Waals surface area contributed by atoms with E-state index < -0.39 is 12.7 Å². The predicted molar refractivity (Wildman–Crippen MR) is 81.1 cm³/mol. The van der Waals surface area contributed by atoms with Crippen LogP contribution in [0.2, 0.25) is 0 Å². The van der Waals surface area contributed by atoms with Crippen molar-refractivity contribution in [2.75, 3.05) is 0 Å². The van der Waals surface area contributed by atoms with Gasteiger partial charge in [-0.3, -0.25) is 4.79 Å². The fourth-order valence-electron chi connectivity index (χ4n) is 1.84. The zero-order valence-electron chi connectivity index (χ0n) is 12.7. The Balaban J connectivity index is 2.06. The zero-order valence-corrected chi connectivity index (χ0v) is 12.7. The van der Waals surface area contributed by atoms with Gasteiger partial charge in [-0.2, -0.15) is 0 Å². The molecular formula is C14H18BN3O4. The summed E-state index contributed by atoms with van der Waals surface area (Å²) in [6.07, 6.45) is 1.63. The van der Waals surface area contributed by atoms with Crippen molar-refractivity contribution in [1.82, 2.24) is 15.0 Å². The Morgan fingerprint density at radius 3 is 2.45 bits per heavy atom. The van der Waals surface area contributed by atoms with E-state index in [9.17, 15) is 4.79 Å². The van der Waals surface area contributed by atoms with Crippen LogP contribution < -0.4 is 5.46 Å². The third kappa shape index (κ3) is 4.41. The number of nitrogens with zero attached hydrogens (tertiary/aromatic N) is 3. The van der Waals surface area contributed by atoms with Gasteiger partial charge in [0.2, 0.25) is 0 Å². The lowest BCUT2D eigenvalue weighted by molar-refractivity contribution is -0.155. The molecule has 0 bridgehead atoms. The maximum absolute atomic E-state index is 11.7. The van der Waals surface area contributed by atoms with Gasteiger partial charge in [-0.05, 0) is 26.2 Å². The first-order valence-corrected chi connectivity index (χ1v) is 6.83. The molecule has 0 saturated heterocycles. The molecule has 0 saturated carbocycles. The van der Waals surface area contributed by atoms with Gasteiger partial charge in [0.25, 0.3) is 0 Å². The van der Waals surface area contributed by atoms with E-state index in [1.54, 1.807) is 51.2 Å². The monoisotopic (exact) mass is 303 g/mol. The van der Waals surface area contributed by atoms with Gasteiger partial charge >= 0.3 is 13.1 Å². The molecule has 0 aliphatic rings. The molecule has 0 radical (unpaired) electrons. The third-order valence-corrected chi connectivity index (χ3v) is 2.75. The molecule has 0 spiro atoms. The molecule has 2 rings (SSSR count). The van der Waals surface area contributed by atoms with Crippen molar-refractivity contribution in [1.29, 1.82) is 0 Å². The SMILES string of the molecule is CC(C)(C)OC(=O)Cn1cc(-c2ccc(B(O)O)cc2)nn1. The molecule has 0 amide bonds. The number of esters is 1. The highest BCUT2D eigenvalue weighted by Gasteiger charge is 2.17. The molecule has 116 valence electrons. The fraction of sp³-hybridized carbons (Fsp3) is 0.357. The number of benzene rings is 1. The van der Waals surface area contributed by atoms with Crippen molar-refractivity contribution in [3.05, 3.63) is 30.5 Å². The molecule has 0 aliphatic heterocycles. The lowest BCUT2D eigenvalue weighted by atomic mass is 9.80. The zero-order chi connectivity index (χ0) is 16.3. The summed E-state index contributed by atoms with van der Waals surface area (Å²) >= 11 is 0. The molecule has 2 N–H and O–H groups in total. The number of rotatable bonds is 4. The first kappa shape index (κ1) is 16.2. The van der Waals surface area contributed by atoms with Crippen molar-refractivity contribution >= 4 is 18.6 Å². The normalized spacial score (nSPS) is 11.3. The Morgan fingerprint density at radius 2 is 1.91 bits per heavy atom. The predicted octanol–water partition coefficient (Wildman–Crippen LogP) is -0.0334. The lowest BCUT2D eigenvalue weighted by Gasteiger charge is -2.19. The van der Waals surface area contributed by atoms with E-state index in [0.29, 0.717) is 11.2 Å². The molecule has 0 unspecified atom stereocenters. The van der Waals surface area contributed by atoms with Gasteiger partial charge in [-0.15, -0.1) is 5.10 Å². The maximum atomic E-state index is 11.7. The number of hydrogen-bond acceptors (Lipinski definition) is 6. The van der Waals surface area contributed by atoms with Gasteiger partial charge in [0.1, 0.15) is 17.8 Å². The molecule has 7 nitrogen and oxygen atoms in total. The fourth-order valence-corrected chi connectivity index (χ4v) is 1.84. The summed E-state index contributed by atoms with van der Waals surface area (Å²) in [6.45, 7) is 5.39. The van der Waals surface area contributed by atoms with Crippen LogP contribution >= 0.6 is 0 Å². The summed E-state index contributed by atoms with van der Waals surface area (Å²) in [5.74, 6) is -0.386. The molecule has 1 heterocycles. The smallest absolute Gasteiger partial charge is 0.459 e. The van der Waals surface area contributed by atoms with Crippen molar-refractivity contribution in [3.8, 4) is 11.3 Å². The Kier molecular flexibility index (Phi) is 4.63. The molecule has 1 aromatic carbocycles. The van der Waals surface area contributed by atoms with Crippen LogP contribution in [0, 0.1) is 0 Å². The van der Waals surface area contributed by atoms with Crippen LogP contribution in [0.25, 0.3) is 11.3 Å². The summed E-state index contributed by atoms with van der Waals surface area (Å²) in [7, 11) is -1.50. The van der Waals surface area contributed by atoms with Crippen LogP contribution in [0.3, 0.4) is 0 Å². The quantitative estimate of drug-likeness (QED) is 0.608. The van der Waals surface area contributed by atoms with Crippen LogP contribution in [-0.2, 0) is 16.1 Å². The van der Waals surface area contributed by atoms with E-state index in [1.807, 2.05) is 0 Å². The Labute approximate surface area is 128 Å². The number of aromatic nitrogens is 3. The van der Waals surface area contributed by atoms with Gasteiger partial charge in [0.15, 0.2) is 0 Å². The second-order valence-electron chi connectivity index (χ2n) is 5.88. The standard InChI is InChI=1S/C14H18BN3O4/c1-14(2,3)22-13(19)9-18-8-12(16-17-18)10-4-6-11(7-5-10)15(20)21/h4-8,20-21H,9H2,1-3H3. The van der Waals surface area contributed by atoms with Crippen molar-refractivity contribution in [2.45, 2.75) is 32.9 Å². The molecule has 8 heteroatoms. The average Bonchev–Trinajstić information content (AvgIpc) is 2.85. The summed E-state index contributed by atoms with van der Waals surface area (Å²) < 4.78 is 6.62. The van der Waals surface area contributed by atoms with Crippen LogP contribution in [0.15, 0.2) is 30.5 Å². The van der Waals surface area contributed by atoms with Crippen LogP contribution in [0.4, 0.5) is 0 Å². The number of carbonyl (C=O) groups is 1. The molecular weight excluding hydrogens is 285 g/mol. The second kappa shape index (κ2) is 6.29. The van der Waals surface area contributed by atoms with E-state index in [-0.39, 0.29) is 12.5 Å². The van der Waals surface area contributed by atoms with E-state index >= 15 is 0 Å². The molecule has 0 atom stereocenters. The Morgan fingerprint density at radius 1 is 1.27 bits per heavy atom. The summed E-state index contributed by atoms with van der Waals surface area (Å²) in [5.41, 5.74) is 1.20. The maximum Gasteiger partial charge on any atom is 0.488 e. The number of hydrogen-bond donors (Lipinski definition) is 2. The molecule has 0 aliphatic carbocycles. The number of carbonyl (C=O) groups excluding carboxylic acids is 1. The van der Waals surface area contributed by atoms with Gasteiger partial charge in [0.05, 0.1) is 6.20 Å². The third-order valence-electron chi connectivity index (χ3n) is 2.75. The minimum absolute atomic E-state index is 0.0162. The van der Waals surface area contributed by atoms with Crippen LogP contribution in [0.5, 0.6) is 0 Å². The van der Waals surface area contributed by atoms with Gasteiger partial charge < -0.3 is 14.8 Å². The van der Waals surface area contributed by atoms with Crippen molar-refractivity contribution in [2.24, 2.45) is 0 Å². The first-order valence-electron chi connectivity index (χ1n) is 6.83. The summed E-state index contributed by atoms with van der Waals surface area (Å²) in [6, 6.07) is 6.59. The summed E-state index contributed by atoms with van der Waals surface area (Å²) in [5, 5.41) is 26.0. The first-order chi connectivity index (χ1) is 10.2. The molecule has 0 fully saturated rings. The van der Waals surface area contributed by atoms with Gasteiger partial charge in [0, 0.05) is 5.56 Å². The number of ether oxygens (including phenoxy) is 1. The van der Waals surface area contributed by atoms with Gasteiger partial charge in [-0.1, -0.05) is 29.5 Å².